The van der Waals surface area contributed by atoms with Gasteiger partial charge >= 0.3 is 0 Å². The minimum atomic E-state index is -0.444. The SMILES string of the molecule is Cc1cnc(N)c(C(NN)c2ccc(F)cc2Cl)c1. The molecule has 0 aliphatic rings. The van der Waals surface area contributed by atoms with Gasteiger partial charge in [0.1, 0.15) is 11.6 Å². The van der Waals surface area contributed by atoms with Crippen LogP contribution in [0.1, 0.15) is 22.7 Å². The minimum Gasteiger partial charge on any atom is -0.383 e. The quantitative estimate of drug-likeness (QED) is 0.596. The van der Waals surface area contributed by atoms with Gasteiger partial charge in [-0.2, -0.15) is 0 Å². The predicted molar refractivity (Wildman–Crippen MR) is 74.0 cm³/mol. The van der Waals surface area contributed by atoms with E-state index in [4.69, 9.17) is 23.2 Å². The number of rotatable bonds is 3. The van der Waals surface area contributed by atoms with Crippen LogP contribution in [0.4, 0.5) is 10.2 Å². The number of hydrazine groups is 1. The Morgan fingerprint density at radius 2 is 2.05 bits per heavy atom. The lowest BCUT2D eigenvalue weighted by Crippen LogP contribution is -2.30. The molecule has 2 aromatic rings. The number of halogens is 2. The molecule has 6 heteroatoms. The molecular weight excluding hydrogens is 267 g/mol. The van der Waals surface area contributed by atoms with E-state index in [2.05, 4.69) is 10.4 Å². The third-order valence-corrected chi connectivity index (χ3v) is 3.16. The molecule has 0 spiro atoms. The zero-order valence-electron chi connectivity index (χ0n) is 10.3. The summed E-state index contributed by atoms with van der Waals surface area (Å²) in [5.74, 6) is 5.53. The van der Waals surface area contributed by atoms with Crippen molar-refractivity contribution >= 4 is 17.4 Å². The van der Waals surface area contributed by atoms with Gasteiger partial charge in [-0.1, -0.05) is 17.7 Å². The predicted octanol–water partition coefficient (Wildman–Crippen LogP) is 2.32. The van der Waals surface area contributed by atoms with Gasteiger partial charge < -0.3 is 5.73 Å². The molecule has 0 saturated carbocycles. The first-order valence-corrected chi connectivity index (χ1v) is 6.04. The molecule has 1 unspecified atom stereocenters. The zero-order chi connectivity index (χ0) is 14.0. The third-order valence-electron chi connectivity index (χ3n) is 2.84. The van der Waals surface area contributed by atoms with Crippen molar-refractivity contribution in [3.8, 4) is 0 Å². The smallest absolute Gasteiger partial charge is 0.128 e. The average Bonchev–Trinajstić information content (AvgIpc) is 2.36. The molecule has 4 nitrogen and oxygen atoms in total. The molecule has 0 aliphatic heterocycles. The van der Waals surface area contributed by atoms with Crippen LogP contribution in [0.5, 0.6) is 0 Å². The van der Waals surface area contributed by atoms with E-state index >= 15 is 0 Å². The largest absolute Gasteiger partial charge is 0.383 e. The van der Waals surface area contributed by atoms with Crippen molar-refractivity contribution in [3.63, 3.8) is 0 Å². The monoisotopic (exact) mass is 280 g/mol. The van der Waals surface area contributed by atoms with Crippen LogP contribution >= 0.6 is 11.6 Å². The number of aromatic nitrogens is 1. The van der Waals surface area contributed by atoms with E-state index in [1.54, 1.807) is 12.3 Å². The molecule has 0 aliphatic carbocycles. The number of nitrogen functional groups attached to an aromatic ring is 1. The first kappa shape index (κ1) is 13.7. The second kappa shape index (κ2) is 5.52. The Kier molecular flexibility index (Phi) is 3.99. The summed E-state index contributed by atoms with van der Waals surface area (Å²) in [6.07, 6.45) is 1.67. The number of nitrogens with one attached hydrogen (secondary N) is 1. The van der Waals surface area contributed by atoms with Gasteiger partial charge in [0.15, 0.2) is 0 Å². The molecule has 0 radical (unpaired) electrons. The lowest BCUT2D eigenvalue weighted by Gasteiger charge is -2.19. The number of nitrogens with zero attached hydrogens (tertiary/aromatic N) is 1. The zero-order valence-corrected chi connectivity index (χ0v) is 11.1. The Morgan fingerprint density at radius 3 is 2.68 bits per heavy atom. The van der Waals surface area contributed by atoms with Crippen molar-refractivity contribution < 1.29 is 4.39 Å². The molecule has 1 atom stereocenters. The molecule has 2 rings (SSSR count). The van der Waals surface area contributed by atoms with Gasteiger partial charge in [-0.05, 0) is 36.2 Å². The molecule has 0 fully saturated rings. The topological polar surface area (TPSA) is 77.0 Å². The van der Waals surface area contributed by atoms with Gasteiger partial charge in [0.25, 0.3) is 0 Å². The highest BCUT2D eigenvalue weighted by molar-refractivity contribution is 6.31. The number of hydrogen-bond acceptors (Lipinski definition) is 4. The third kappa shape index (κ3) is 2.84. The van der Waals surface area contributed by atoms with E-state index in [0.717, 1.165) is 5.56 Å². The fraction of sp³-hybridized carbons (Fsp3) is 0.154. The lowest BCUT2D eigenvalue weighted by molar-refractivity contribution is 0.615. The summed E-state index contributed by atoms with van der Waals surface area (Å²) >= 11 is 6.05. The van der Waals surface area contributed by atoms with Gasteiger partial charge in [0.2, 0.25) is 0 Å². The normalized spacial score (nSPS) is 12.4. The standard InChI is InChI=1S/C13H14ClFN4/c1-7-4-10(13(16)18-6-7)12(19-17)9-3-2-8(15)5-11(9)14/h2-6,12,19H,17H2,1H3,(H2,16,18). The van der Waals surface area contributed by atoms with Crippen molar-refractivity contribution in [2.75, 3.05) is 5.73 Å². The second-order valence-corrected chi connectivity index (χ2v) is 4.66. The van der Waals surface area contributed by atoms with E-state index in [1.165, 1.54) is 12.1 Å². The van der Waals surface area contributed by atoms with Crippen molar-refractivity contribution in [2.45, 2.75) is 13.0 Å². The summed E-state index contributed by atoms with van der Waals surface area (Å²) in [6, 6.07) is 5.56. The first-order chi connectivity index (χ1) is 9.02. The summed E-state index contributed by atoms with van der Waals surface area (Å²) in [5, 5.41) is 0.281. The molecule has 100 valence electrons. The molecular formula is C13H14ClFN4. The minimum absolute atomic E-state index is 0.281. The highest BCUT2D eigenvalue weighted by atomic mass is 35.5. The maximum atomic E-state index is 13.1. The van der Waals surface area contributed by atoms with Crippen molar-refractivity contribution in [2.24, 2.45) is 5.84 Å². The highest BCUT2D eigenvalue weighted by Gasteiger charge is 2.19. The van der Waals surface area contributed by atoms with Crippen molar-refractivity contribution in [1.82, 2.24) is 10.4 Å². The summed E-state index contributed by atoms with van der Waals surface area (Å²) in [5.41, 5.74) is 10.8. The fourth-order valence-electron chi connectivity index (χ4n) is 1.92. The van der Waals surface area contributed by atoms with E-state index in [-0.39, 0.29) is 5.02 Å². The number of nitrogens with two attached hydrogens (primary N) is 2. The Labute approximate surface area is 115 Å². The second-order valence-electron chi connectivity index (χ2n) is 4.25. The summed E-state index contributed by atoms with van der Waals surface area (Å²) in [6.45, 7) is 1.90. The van der Waals surface area contributed by atoms with E-state index < -0.39 is 11.9 Å². The van der Waals surface area contributed by atoms with Gasteiger partial charge in [-0.3, -0.25) is 5.84 Å². The molecule has 1 heterocycles. The molecule has 0 amide bonds. The molecule has 0 saturated heterocycles. The van der Waals surface area contributed by atoms with E-state index in [0.29, 0.717) is 16.9 Å². The highest BCUT2D eigenvalue weighted by Crippen LogP contribution is 2.30. The van der Waals surface area contributed by atoms with Gasteiger partial charge in [0, 0.05) is 16.8 Å². The van der Waals surface area contributed by atoms with Crippen molar-refractivity contribution in [1.29, 1.82) is 0 Å². The van der Waals surface area contributed by atoms with Crippen LogP contribution in [0.25, 0.3) is 0 Å². The molecule has 1 aromatic heterocycles. The molecule has 1 aromatic carbocycles. The first-order valence-electron chi connectivity index (χ1n) is 5.66. The summed E-state index contributed by atoms with van der Waals surface area (Å²) in [7, 11) is 0. The van der Waals surface area contributed by atoms with Gasteiger partial charge in [0.05, 0.1) is 6.04 Å². The van der Waals surface area contributed by atoms with Crippen molar-refractivity contribution in [3.05, 3.63) is 58.0 Å². The molecule has 5 N–H and O–H groups in total. The maximum absolute atomic E-state index is 13.1. The summed E-state index contributed by atoms with van der Waals surface area (Å²) in [4.78, 5) is 4.09. The Bertz CT molecular complexity index is 603. The Hall–Kier alpha value is -1.69. The van der Waals surface area contributed by atoms with Crippen LogP contribution in [0.3, 0.4) is 0 Å². The Balaban J connectivity index is 2.52. The maximum Gasteiger partial charge on any atom is 0.128 e. The number of anilines is 1. The van der Waals surface area contributed by atoms with E-state index in [1.807, 2.05) is 13.0 Å². The number of hydrogen-bond donors (Lipinski definition) is 3. The van der Waals surface area contributed by atoms with Crippen LogP contribution in [0, 0.1) is 12.7 Å². The van der Waals surface area contributed by atoms with Gasteiger partial charge in [-0.15, -0.1) is 0 Å². The van der Waals surface area contributed by atoms with Gasteiger partial charge in [-0.25, -0.2) is 14.8 Å². The number of benzene rings is 1. The van der Waals surface area contributed by atoms with E-state index in [9.17, 15) is 4.39 Å². The number of aryl methyl sites for hydroxylation is 1. The Morgan fingerprint density at radius 1 is 1.32 bits per heavy atom. The summed E-state index contributed by atoms with van der Waals surface area (Å²) < 4.78 is 13.1. The molecule has 0 bridgehead atoms. The van der Waals surface area contributed by atoms with Crippen LogP contribution in [-0.4, -0.2) is 4.98 Å². The van der Waals surface area contributed by atoms with Crippen LogP contribution < -0.4 is 17.0 Å². The van der Waals surface area contributed by atoms with Crippen LogP contribution in [0.15, 0.2) is 30.5 Å². The average molecular weight is 281 g/mol. The van der Waals surface area contributed by atoms with Crippen LogP contribution in [0.2, 0.25) is 5.02 Å². The van der Waals surface area contributed by atoms with Crippen LogP contribution in [-0.2, 0) is 0 Å². The fourth-order valence-corrected chi connectivity index (χ4v) is 2.19. The molecule has 19 heavy (non-hydrogen) atoms. The number of pyridine rings is 1. The lowest BCUT2D eigenvalue weighted by atomic mass is 9.98.